The van der Waals surface area contributed by atoms with Crippen molar-refractivity contribution in [3.8, 4) is 11.8 Å². The molecule has 0 aliphatic carbocycles. The zero-order valence-electron chi connectivity index (χ0n) is 10.8. The van der Waals surface area contributed by atoms with Crippen LogP contribution < -0.4 is 0 Å². The van der Waals surface area contributed by atoms with Gasteiger partial charge in [-0.25, -0.2) is 22.8 Å². The summed E-state index contributed by atoms with van der Waals surface area (Å²) in [4.78, 5) is 3.63. The normalized spacial score (nSPS) is 12.4. The number of hydrogen-bond donors (Lipinski definition) is 0. The van der Waals surface area contributed by atoms with Gasteiger partial charge in [0, 0.05) is 22.8 Å². The van der Waals surface area contributed by atoms with Gasteiger partial charge in [-0.05, 0) is 13.0 Å². The molecule has 5 nitrogen and oxygen atoms in total. The highest BCUT2D eigenvalue weighted by molar-refractivity contribution is 7.91. The lowest BCUT2D eigenvalue weighted by Gasteiger charge is -2.12. The van der Waals surface area contributed by atoms with Gasteiger partial charge in [0.25, 0.3) is 6.43 Å². The maximum Gasteiger partial charge on any atom is 0.299 e. The average molecular weight is 314 g/mol. The van der Waals surface area contributed by atoms with E-state index in [9.17, 15) is 17.7 Å². The Morgan fingerprint density at radius 2 is 2.19 bits per heavy atom. The van der Waals surface area contributed by atoms with Crippen LogP contribution in [0, 0.1) is 24.1 Å². The van der Waals surface area contributed by atoms with Gasteiger partial charge in [0.1, 0.15) is 23.9 Å². The summed E-state index contributed by atoms with van der Waals surface area (Å²) in [5.41, 5.74) is 0.250. The molecule has 1 heterocycles. The van der Waals surface area contributed by atoms with E-state index in [1.165, 1.54) is 6.07 Å². The molecular formula is C12H9F3N4OS. The fraction of sp³-hybridized carbons (Fsp3) is 0.250. The lowest BCUT2D eigenvalue weighted by molar-refractivity contribution is 0.140. The minimum absolute atomic E-state index is 0.152. The first-order valence-electron chi connectivity index (χ1n) is 5.69. The third kappa shape index (κ3) is 3.17. The average Bonchev–Trinajstić information content (AvgIpc) is 2.88. The third-order valence-electron chi connectivity index (χ3n) is 2.64. The van der Waals surface area contributed by atoms with Crippen molar-refractivity contribution in [1.82, 2.24) is 14.8 Å². The number of nitriles is 1. The van der Waals surface area contributed by atoms with Crippen molar-refractivity contribution >= 4 is 11.2 Å². The molecule has 21 heavy (non-hydrogen) atoms. The van der Waals surface area contributed by atoms with Crippen LogP contribution in [0.1, 0.15) is 17.8 Å². The molecule has 0 saturated heterocycles. The van der Waals surface area contributed by atoms with Gasteiger partial charge in [0.05, 0.1) is 0 Å². The summed E-state index contributed by atoms with van der Waals surface area (Å²) in [6, 6.07) is 4.10. The molecule has 2 aromatic rings. The summed E-state index contributed by atoms with van der Waals surface area (Å²) >= 11 is -1.63. The molecule has 0 saturated carbocycles. The van der Waals surface area contributed by atoms with E-state index in [0.29, 0.717) is 5.56 Å². The summed E-state index contributed by atoms with van der Waals surface area (Å²) in [5.74, 6) is -1.68. The maximum atomic E-state index is 13.9. The van der Waals surface area contributed by atoms with Crippen molar-refractivity contribution in [3.05, 3.63) is 35.7 Å². The molecule has 1 aromatic carbocycles. The van der Waals surface area contributed by atoms with Gasteiger partial charge in [-0.3, -0.25) is 0 Å². The fourth-order valence-electron chi connectivity index (χ4n) is 1.69. The molecule has 110 valence electrons. The van der Waals surface area contributed by atoms with Crippen LogP contribution in [0.15, 0.2) is 23.4 Å². The lowest BCUT2D eigenvalue weighted by Crippen LogP contribution is -2.10. The first-order chi connectivity index (χ1) is 9.93. The van der Waals surface area contributed by atoms with E-state index in [1.54, 1.807) is 13.0 Å². The molecule has 0 bridgehead atoms. The highest BCUT2D eigenvalue weighted by atomic mass is 32.2. The molecule has 0 aliphatic rings. The van der Waals surface area contributed by atoms with Crippen molar-refractivity contribution in [2.45, 2.75) is 18.2 Å². The Kier molecular flexibility index (Phi) is 4.50. The number of halogens is 3. The highest BCUT2D eigenvalue weighted by Crippen LogP contribution is 2.24. The van der Waals surface area contributed by atoms with Crippen LogP contribution in [0.4, 0.5) is 13.2 Å². The lowest BCUT2D eigenvalue weighted by atomic mass is 10.2. The molecule has 9 heteroatoms. The Bertz CT molecular complexity index is 698. The Morgan fingerprint density at radius 3 is 2.76 bits per heavy atom. The van der Waals surface area contributed by atoms with Crippen LogP contribution in [0.3, 0.4) is 0 Å². The number of aromatic nitrogens is 3. The SMILES string of the molecule is Cc1cc(F)c(-n2cnc(C(F)F)n2)cc1[S+]([O-])CC#N. The summed E-state index contributed by atoms with van der Waals surface area (Å²) in [5, 5.41) is 12.0. The standard InChI is InChI=1S/C12H9F3N4OS/c1-7-4-8(13)9(5-10(7)21(20)3-2-16)19-6-17-12(18-19)11(14)15/h4-6,11H,3H2,1H3. The van der Waals surface area contributed by atoms with Gasteiger partial charge in [0.2, 0.25) is 5.82 Å². The molecule has 1 unspecified atom stereocenters. The second-order valence-electron chi connectivity index (χ2n) is 4.07. The predicted molar refractivity (Wildman–Crippen MR) is 67.9 cm³/mol. The molecule has 1 aromatic heterocycles. The molecule has 1 atom stereocenters. The van der Waals surface area contributed by atoms with Gasteiger partial charge in [0.15, 0.2) is 10.6 Å². The minimum atomic E-state index is -2.87. The monoisotopic (exact) mass is 314 g/mol. The maximum absolute atomic E-state index is 13.9. The van der Waals surface area contributed by atoms with E-state index in [4.69, 9.17) is 5.26 Å². The Balaban J connectivity index is 2.48. The number of alkyl halides is 2. The number of hydrogen-bond acceptors (Lipinski definition) is 4. The smallest absolute Gasteiger partial charge is 0.299 e. The molecular weight excluding hydrogens is 305 g/mol. The van der Waals surface area contributed by atoms with Crippen molar-refractivity contribution in [1.29, 1.82) is 5.26 Å². The highest BCUT2D eigenvalue weighted by Gasteiger charge is 2.20. The van der Waals surface area contributed by atoms with Gasteiger partial charge in [-0.2, -0.15) is 5.26 Å². The predicted octanol–water partition coefficient (Wildman–Crippen LogP) is 2.28. The van der Waals surface area contributed by atoms with E-state index >= 15 is 0 Å². The minimum Gasteiger partial charge on any atom is -0.611 e. The zero-order valence-corrected chi connectivity index (χ0v) is 11.6. The van der Waals surface area contributed by atoms with Crippen molar-refractivity contribution in [3.63, 3.8) is 0 Å². The molecule has 0 N–H and O–H groups in total. The van der Waals surface area contributed by atoms with Crippen LogP contribution in [-0.4, -0.2) is 25.1 Å². The van der Waals surface area contributed by atoms with E-state index in [0.717, 1.165) is 17.1 Å². The number of nitrogens with zero attached hydrogens (tertiary/aromatic N) is 4. The van der Waals surface area contributed by atoms with Crippen molar-refractivity contribution in [2.24, 2.45) is 0 Å². The molecule has 0 amide bonds. The first kappa shape index (κ1) is 15.3. The second kappa shape index (κ2) is 6.15. The summed E-state index contributed by atoms with van der Waals surface area (Å²) in [7, 11) is 0. The van der Waals surface area contributed by atoms with Crippen LogP contribution in [0.5, 0.6) is 0 Å². The first-order valence-corrected chi connectivity index (χ1v) is 7.01. The van der Waals surface area contributed by atoms with Gasteiger partial charge < -0.3 is 4.55 Å². The van der Waals surface area contributed by atoms with E-state index in [-0.39, 0.29) is 16.3 Å². The Labute approximate surface area is 121 Å². The Morgan fingerprint density at radius 1 is 1.48 bits per heavy atom. The molecule has 0 aliphatic heterocycles. The topological polar surface area (TPSA) is 77.6 Å². The molecule has 0 fully saturated rings. The van der Waals surface area contributed by atoms with Gasteiger partial charge in [-0.1, -0.05) is 0 Å². The number of benzene rings is 1. The van der Waals surface area contributed by atoms with E-state index in [2.05, 4.69) is 10.1 Å². The van der Waals surface area contributed by atoms with Gasteiger partial charge >= 0.3 is 0 Å². The molecule has 0 spiro atoms. The van der Waals surface area contributed by atoms with E-state index < -0.39 is 29.2 Å². The number of rotatable bonds is 4. The summed E-state index contributed by atoms with van der Waals surface area (Å²) in [6.07, 6.45) is -1.92. The summed E-state index contributed by atoms with van der Waals surface area (Å²) in [6.45, 7) is 1.55. The third-order valence-corrected chi connectivity index (χ3v) is 3.96. The van der Waals surface area contributed by atoms with Gasteiger partial charge in [-0.15, -0.1) is 5.10 Å². The second-order valence-corrected chi connectivity index (χ2v) is 5.48. The fourth-order valence-corrected chi connectivity index (χ4v) is 2.63. The van der Waals surface area contributed by atoms with Crippen molar-refractivity contribution in [2.75, 3.05) is 5.75 Å². The quantitative estimate of drug-likeness (QED) is 0.811. The van der Waals surface area contributed by atoms with Crippen LogP contribution in [0.2, 0.25) is 0 Å². The largest absolute Gasteiger partial charge is 0.611 e. The molecule has 0 radical (unpaired) electrons. The van der Waals surface area contributed by atoms with Crippen LogP contribution >= 0.6 is 0 Å². The zero-order chi connectivity index (χ0) is 15.6. The van der Waals surface area contributed by atoms with Crippen LogP contribution in [-0.2, 0) is 11.2 Å². The summed E-state index contributed by atoms with van der Waals surface area (Å²) < 4.78 is 51.6. The van der Waals surface area contributed by atoms with Crippen molar-refractivity contribution < 1.29 is 17.7 Å². The van der Waals surface area contributed by atoms with Crippen LogP contribution in [0.25, 0.3) is 5.69 Å². The molecule has 2 rings (SSSR count). The Hall–Kier alpha value is -2.05. The number of aryl methyl sites for hydroxylation is 1. The van der Waals surface area contributed by atoms with E-state index in [1.807, 2.05) is 0 Å².